The first-order chi connectivity index (χ1) is 13.9. The summed E-state index contributed by atoms with van der Waals surface area (Å²) < 4.78 is 25.5. The first-order valence-electron chi connectivity index (χ1n) is 9.41. The first-order valence-corrected chi connectivity index (χ1v) is 9.41. The van der Waals surface area contributed by atoms with Gasteiger partial charge >= 0.3 is 0 Å². The zero-order valence-electron chi connectivity index (χ0n) is 16.7. The normalized spacial score (nSPS) is 19.0. The van der Waals surface area contributed by atoms with Gasteiger partial charge in [0.25, 0.3) is 5.91 Å². The molecule has 3 heterocycles. The number of aryl methyl sites for hydroxylation is 2. The molecule has 2 amide bonds. The first kappa shape index (κ1) is 20.9. The number of nitrogens with zero attached hydrogens (tertiary/aromatic N) is 5. The molecule has 1 aliphatic heterocycles. The molecule has 2 aromatic rings. The van der Waals surface area contributed by atoms with Gasteiger partial charge in [-0.05, 0) is 13.8 Å². The van der Waals surface area contributed by atoms with Crippen LogP contribution in [-0.2, 0) is 22.5 Å². The number of rotatable bonds is 8. The molecule has 0 spiro atoms. The number of amides is 2. The van der Waals surface area contributed by atoms with Crippen LogP contribution in [0.5, 0.6) is 0 Å². The number of likely N-dealkylation sites (tertiary alicyclic amines) is 1. The molecule has 2 atom stereocenters. The fourth-order valence-electron chi connectivity index (χ4n) is 3.41. The molecule has 11 heteroatoms. The third-order valence-corrected chi connectivity index (χ3v) is 4.95. The van der Waals surface area contributed by atoms with Gasteiger partial charge in [-0.2, -0.15) is 0 Å². The number of hydrogen-bond donors (Lipinski definition) is 1. The summed E-state index contributed by atoms with van der Waals surface area (Å²) in [5, 5.41) is 14.3. The van der Waals surface area contributed by atoms with E-state index in [4.69, 9.17) is 9.26 Å². The molecule has 0 saturated carbocycles. The van der Waals surface area contributed by atoms with Gasteiger partial charge in [-0.1, -0.05) is 10.4 Å². The summed E-state index contributed by atoms with van der Waals surface area (Å²) in [5.41, 5.74) is 1.54. The molecule has 1 fully saturated rings. The number of hydrogen-bond acceptors (Lipinski definition) is 7. The van der Waals surface area contributed by atoms with Gasteiger partial charge < -0.3 is 19.5 Å². The van der Waals surface area contributed by atoms with Crippen molar-refractivity contribution in [1.82, 2.24) is 30.4 Å². The minimum atomic E-state index is -1.10. The lowest BCUT2D eigenvalue weighted by molar-refractivity contribution is -0.131. The van der Waals surface area contributed by atoms with Gasteiger partial charge in [0.15, 0.2) is 5.69 Å². The van der Waals surface area contributed by atoms with Crippen LogP contribution in [0.4, 0.5) is 4.39 Å². The molecular formula is C18H25FN6O4. The van der Waals surface area contributed by atoms with Crippen LogP contribution in [-0.4, -0.2) is 75.9 Å². The van der Waals surface area contributed by atoms with Crippen LogP contribution in [0.25, 0.3) is 0 Å². The minimum absolute atomic E-state index is 0.0337. The van der Waals surface area contributed by atoms with Gasteiger partial charge in [0.2, 0.25) is 5.91 Å². The Morgan fingerprint density at radius 2 is 2.21 bits per heavy atom. The molecule has 2 aromatic heterocycles. The number of nitrogens with one attached hydrogen (secondary N) is 1. The number of aromatic nitrogens is 4. The van der Waals surface area contributed by atoms with Crippen LogP contribution in [0.15, 0.2) is 10.7 Å². The van der Waals surface area contributed by atoms with Crippen molar-refractivity contribution in [2.24, 2.45) is 0 Å². The molecule has 29 heavy (non-hydrogen) atoms. The van der Waals surface area contributed by atoms with Crippen LogP contribution in [0.3, 0.4) is 0 Å². The maximum atomic E-state index is 14.1. The Bertz CT molecular complexity index is 847. The van der Waals surface area contributed by atoms with Gasteiger partial charge in [0, 0.05) is 25.6 Å². The summed E-state index contributed by atoms with van der Waals surface area (Å²) in [7, 11) is 1.54. The summed E-state index contributed by atoms with van der Waals surface area (Å²) in [6, 6.07) is -0.371. The van der Waals surface area contributed by atoms with Crippen LogP contribution in [0.2, 0.25) is 0 Å². The minimum Gasteiger partial charge on any atom is -0.383 e. The lowest BCUT2D eigenvalue weighted by Crippen LogP contribution is -2.39. The van der Waals surface area contributed by atoms with E-state index in [2.05, 4.69) is 20.8 Å². The number of halogens is 1. The van der Waals surface area contributed by atoms with E-state index in [1.807, 2.05) is 0 Å². The molecule has 158 valence electrons. The molecule has 3 rings (SSSR count). The van der Waals surface area contributed by atoms with E-state index in [-0.39, 0.29) is 49.5 Å². The summed E-state index contributed by atoms with van der Waals surface area (Å²) >= 11 is 0. The summed E-state index contributed by atoms with van der Waals surface area (Å²) in [4.78, 5) is 26.3. The largest absolute Gasteiger partial charge is 0.383 e. The average Bonchev–Trinajstić information content (AvgIpc) is 3.38. The van der Waals surface area contributed by atoms with Gasteiger partial charge in [-0.3, -0.25) is 9.59 Å². The van der Waals surface area contributed by atoms with Gasteiger partial charge in [0.05, 0.1) is 44.0 Å². The highest BCUT2D eigenvalue weighted by atomic mass is 19.1. The molecule has 0 bridgehead atoms. The van der Waals surface area contributed by atoms with Gasteiger partial charge in [-0.25, -0.2) is 9.07 Å². The highest BCUT2D eigenvalue weighted by Crippen LogP contribution is 2.24. The molecular weight excluding hydrogens is 383 g/mol. The Morgan fingerprint density at radius 1 is 1.41 bits per heavy atom. The maximum Gasteiger partial charge on any atom is 0.273 e. The van der Waals surface area contributed by atoms with Gasteiger partial charge in [0.1, 0.15) is 11.9 Å². The lowest BCUT2D eigenvalue weighted by atomic mass is 10.1. The van der Waals surface area contributed by atoms with Crippen molar-refractivity contribution in [1.29, 1.82) is 0 Å². The van der Waals surface area contributed by atoms with E-state index < -0.39 is 6.17 Å². The van der Waals surface area contributed by atoms with Crippen molar-refractivity contribution in [3.05, 3.63) is 28.9 Å². The van der Waals surface area contributed by atoms with E-state index in [0.717, 1.165) is 5.56 Å². The standard InChI is InChI=1S/C18H25FN6O4/c1-11-15(12(2)29-22-11)7-17(26)25-8-13(19)6-14(25)9-24-10-16(21-23-24)18(27)20-4-5-28-3/h10,13-14H,4-9H2,1-3H3,(H,20,27)/t13-,14-/m0/s1. The molecule has 1 saturated heterocycles. The number of methoxy groups -OCH3 is 1. The molecule has 0 aromatic carbocycles. The average molecular weight is 408 g/mol. The molecule has 10 nitrogen and oxygen atoms in total. The van der Waals surface area contributed by atoms with Crippen LogP contribution >= 0.6 is 0 Å². The summed E-state index contributed by atoms with van der Waals surface area (Å²) in [5.74, 6) is 0.0282. The fraction of sp³-hybridized carbons (Fsp3) is 0.611. The Labute approximate surface area is 167 Å². The summed E-state index contributed by atoms with van der Waals surface area (Å²) in [6.07, 6.45) is 0.705. The predicted molar refractivity (Wildman–Crippen MR) is 98.9 cm³/mol. The molecule has 1 aliphatic rings. The highest BCUT2D eigenvalue weighted by Gasteiger charge is 2.36. The van der Waals surface area contributed by atoms with Crippen LogP contribution < -0.4 is 5.32 Å². The van der Waals surface area contributed by atoms with E-state index >= 15 is 0 Å². The summed E-state index contributed by atoms with van der Waals surface area (Å²) in [6.45, 7) is 4.56. The second kappa shape index (κ2) is 9.12. The molecule has 0 aliphatic carbocycles. The fourth-order valence-corrected chi connectivity index (χ4v) is 3.41. The molecule has 0 radical (unpaired) electrons. The monoisotopic (exact) mass is 408 g/mol. The zero-order valence-corrected chi connectivity index (χ0v) is 16.7. The third-order valence-electron chi connectivity index (χ3n) is 4.95. The van der Waals surface area contributed by atoms with Gasteiger partial charge in [-0.15, -0.1) is 5.10 Å². The van der Waals surface area contributed by atoms with E-state index in [0.29, 0.717) is 24.6 Å². The topological polar surface area (TPSA) is 115 Å². The smallest absolute Gasteiger partial charge is 0.273 e. The van der Waals surface area contributed by atoms with Crippen molar-refractivity contribution < 1.29 is 23.2 Å². The maximum absolute atomic E-state index is 14.1. The van der Waals surface area contributed by atoms with Crippen LogP contribution in [0, 0.1) is 13.8 Å². The predicted octanol–water partition coefficient (Wildman–Crippen LogP) is 0.441. The van der Waals surface area contributed by atoms with Crippen molar-refractivity contribution >= 4 is 11.8 Å². The van der Waals surface area contributed by atoms with E-state index in [1.165, 1.54) is 15.8 Å². The van der Waals surface area contributed by atoms with E-state index in [1.54, 1.807) is 21.0 Å². The number of carbonyl (C=O) groups excluding carboxylic acids is 2. The number of carbonyl (C=O) groups is 2. The number of ether oxygens (including phenoxy) is 1. The SMILES string of the molecule is COCCNC(=O)c1cn(C[C@@H]2C[C@H](F)CN2C(=O)Cc2c(C)noc2C)nn1. The second-order valence-electron chi connectivity index (χ2n) is 7.09. The second-order valence-corrected chi connectivity index (χ2v) is 7.09. The Kier molecular flexibility index (Phi) is 6.57. The highest BCUT2D eigenvalue weighted by molar-refractivity contribution is 5.91. The van der Waals surface area contributed by atoms with Crippen molar-refractivity contribution in [2.75, 3.05) is 26.8 Å². The van der Waals surface area contributed by atoms with Crippen molar-refractivity contribution in [2.45, 2.75) is 45.4 Å². The number of alkyl halides is 1. The Morgan fingerprint density at radius 3 is 2.90 bits per heavy atom. The lowest BCUT2D eigenvalue weighted by Gasteiger charge is -2.24. The van der Waals surface area contributed by atoms with Crippen LogP contribution in [0.1, 0.15) is 33.9 Å². The Balaban J connectivity index is 1.63. The quantitative estimate of drug-likeness (QED) is 0.630. The molecule has 1 N–H and O–H groups in total. The van der Waals surface area contributed by atoms with Crippen molar-refractivity contribution in [3.63, 3.8) is 0 Å². The molecule has 0 unspecified atom stereocenters. The van der Waals surface area contributed by atoms with Crippen molar-refractivity contribution in [3.8, 4) is 0 Å². The van der Waals surface area contributed by atoms with E-state index in [9.17, 15) is 14.0 Å². The Hall–Kier alpha value is -2.82. The third kappa shape index (κ3) is 4.97. The zero-order chi connectivity index (χ0) is 21.0.